The molecular weight excluding hydrogens is 216 g/mol. The lowest BCUT2D eigenvalue weighted by molar-refractivity contribution is -0.113. The third-order valence-electron chi connectivity index (χ3n) is 2.63. The van der Waals surface area contributed by atoms with Crippen LogP contribution in [0.25, 0.3) is 0 Å². The summed E-state index contributed by atoms with van der Waals surface area (Å²) in [6, 6.07) is 5.38. The number of hydrogen-bond donors (Lipinski definition) is 0. The highest BCUT2D eigenvalue weighted by molar-refractivity contribution is 6.43. The highest BCUT2D eigenvalue weighted by Gasteiger charge is 2.21. The van der Waals surface area contributed by atoms with Crippen molar-refractivity contribution in [2.75, 3.05) is 7.11 Å². The number of carbonyl (C=O) groups is 2. The van der Waals surface area contributed by atoms with Crippen molar-refractivity contribution < 1.29 is 14.3 Å². The molecule has 1 aromatic carbocycles. The molecule has 1 aromatic rings. The van der Waals surface area contributed by atoms with E-state index in [1.165, 1.54) is 14.0 Å². The average molecular weight is 234 g/mol. The molecule has 0 heterocycles. The molecule has 92 valence electrons. The van der Waals surface area contributed by atoms with Gasteiger partial charge in [-0.3, -0.25) is 9.59 Å². The van der Waals surface area contributed by atoms with E-state index < -0.39 is 11.6 Å². The van der Waals surface area contributed by atoms with Crippen LogP contribution in [0.2, 0.25) is 0 Å². The molecule has 0 aliphatic rings. The second-order valence-corrected chi connectivity index (χ2v) is 5.05. The second kappa shape index (κ2) is 4.70. The second-order valence-electron chi connectivity index (χ2n) is 5.05. The number of benzene rings is 1. The maximum atomic E-state index is 11.8. The topological polar surface area (TPSA) is 43.4 Å². The van der Waals surface area contributed by atoms with Gasteiger partial charge in [0.25, 0.3) is 0 Å². The quantitative estimate of drug-likeness (QED) is 0.596. The number of carbonyl (C=O) groups excluding carboxylic acids is 2. The molecule has 0 saturated carbocycles. The smallest absolute Gasteiger partial charge is 0.231 e. The van der Waals surface area contributed by atoms with Crippen LogP contribution >= 0.6 is 0 Å². The van der Waals surface area contributed by atoms with Gasteiger partial charge in [0.2, 0.25) is 5.78 Å². The molecule has 0 aliphatic carbocycles. The zero-order chi connectivity index (χ0) is 13.2. The molecule has 0 N–H and O–H groups in total. The van der Waals surface area contributed by atoms with Gasteiger partial charge in [-0.15, -0.1) is 0 Å². The van der Waals surface area contributed by atoms with E-state index in [2.05, 4.69) is 20.8 Å². The normalized spacial score (nSPS) is 11.1. The molecule has 0 unspecified atom stereocenters. The first-order chi connectivity index (χ1) is 7.77. The number of ether oxygens (including phenoxy) is 1. The summed E-state index contributed by atoms with van der Waals surface area (Å²) in [5.74, 6) is -0.541. The van der Waals surface area contributed by atoms with Crippen LogP contribution in [0.1, 0.15) is 43.6 Å². The molecule has 0 amide bonds. The fourth-order valence-corrected chi connectivity index (χ4v) is 1.54. The van der Waals surface area contributed by atoms with Crippen molar-refractivity contribution in [2.24, 2.45) is 0 Å². The van der Waals surface area contributed by atoms with Crippen LogP contribution in [0.4, 0.5) is 0 Å². The van der Waals surface area contributed by atoms with E-state index in [-0.39, 0.29) is 5.41 Å². The van der Waals surface area contributed by atoms with Crippen LogP contribution in [0.5, 0.6) is 5.75 Å². The van der Waals surface area contributed by atoms with E-state index in [4.69, 9.17) is 4.74 Å². The monoisotopic (exact) mass is 234 g/mol. The Kier molecular flexibility index (Phi) is 3.71. The molecule has 0 radical (unpaired) electrons. The molecule has 3 nitrogen and oxygen atoms in total. The summed E-state index contributed by atoms with van der Waals surface area (Å²) in [6.45, 7) is 7.43. The highest BCUT2D eigenvalue weighted by Crippen LogP contribution is 2.28. The van der Waals surface area contributed by atoms with Crippen molar-refractivity contribution in [3.63, 3.8) is 0 Å². The molecule has 3 heteroatoms. The fourth-order valence-electron chi connectivity index (χ4n) is 1.54. The number of rotatable bonds is 3. The summed E-state index contributed by atoms with van der Waals surface area (Å²) in [6.07, 6.45) is 0. The van der Waals surface area contributed by atoms with Crippen molar-refractivity contribution in [2.45, 2.75) is 33.1 Å². The minimum Gasteiger partial charge on any atom is -0.496 e. The van der Waals surface area contributed by atoms with Gasteiger partial charge < -0.3 is 4.74 Å². The lowest BCUT2D eigenvalue weighted by atomic mass is 9.85. The van der Waals surface area contributed by atoms with Crippen LogP contribution in [0.15, 0.2) is 18.2 Å². The zero-order valence-corrected chi connectivity index (χ0v) is 11.0. The summed E-state index contributed by atoms with van der Waals surface area (Å²) in [4.78, 5) is 22.9. The molecular formula is C14H18O3. The lowest BCUT2D eigenvalue weighted by Crippen LogP contribution is -2.15. The van der Waals surface area contributed by atoms with E-state index in [1.807, 2.05) is 6.07 Å². The van der Waals surface area contributed by atoms with Gasteiger partial charge in [0.1, 0.15) is 5.75 Å². The van der Waals surface area contributed by atoms with E-state index in [1.54, 1.807) is 12.1 Å². The number of ketones is 2. The standard InChI is InChI=1S/C14H18O3/c1-9(15)13(16)11-8-10(14(2,3)4)6-7-12(11)17-5/h6-8H,1-5H3. The van der Waals surface area contributed by atoms with Crippen LogP contribution < -0.4 is 4.74 Å². The van der Waals surface area contributed by atoms with Gasteiger partial charge in [-0.1, -0.05) is 26.8 Å². The van der Waals surface area contributed by atoms with Crippen molar-refractivity contribution in [1.29, 1.82) is 0 Å². The predicted molar refractivity (Wildman–Crippen MR) is 66.7 cm³/mol. The summed E-state index contributed by atoms with van der Waals surface area (Å²) >= 11 is 0. The molecule has 1 rings (SSSR count). The van der Waals surface area contributed by atoms with Gasteiger partial charge in [-0.2, -0.15) is 0 Å². The molecule has 0 aromatic heterocycles. The predicted octanol–water partition coefficient (Wildman–Crippen LogP) is 2.76. The van der Waals surface area contributed by atoms with Crippen molar-refractivity contribution >= 4 is 11.6 Å². The Morgan fingerprint density at radius 1 is 1.18 bits per heavy atom. The van der Waals surface area contributed by atoms with E-state index in [0.29, 0.717) is 11.3 Å². The van der Waals surface area contributed by atoms with Crippen LogP contribution in [0.3, 0.4) is 0 Å². The SMILES string of the molecule is COc1ccc(C(C)(C)C)cc1C(=O)C(C)=O. The molecule has 0 fully saturated rings. The van der Waals surface area contributed by atoms with Crippen LogP contribution in [-0.4, -0.2) is 18.7 Å². The summed E-state index contributed by atoms with van der Waals surface area (Å²) < 4.78 is 5.11. The Labute approximate surface area is 102 Å². The van der Waals surface area contributed by atoms with Crippen molar-refractivity contribution in [3.8, 4) is 5.75 Å². The van der Waals surface area contributed by atoms with Gasteiger partial charge in [0.15, 0.2) is 5.78 Å². The summed E-state index contributed by atoms with van der Waals surface area (Å²) in [5.41, 5.74) is 1.27. The largest absolute Gasteiger partial charge is 0.496 e. The number of hydrogen-bond acceptors (Lipinski definition) is 3. The Bertz CT molecular complexity index is 453. The van der Waals surface area contributed by atoms with Gasteiger partial charge in [-0.05, 0) is 23.1 Å². The first-order valence-corrected chi connectivity index (χ1v) is 5.51. The average Bonchev–Trinajstić information content (AvgIpc) is 2.25. The Morgan fingerprint density at radius 3 is 2.18 bits per heavy atom. The molecule has 17 heavy (non-hydrogen) atoms. The Balaban J connectivity index is 3.35. The molecule has 0 aliphatic heterocycles. The number of Topliss-reactive ketones (excluding diaryl/α,β-unsaturated/α-hetero) is 2. The first-order valence-electron chi connectivity index (χ1n) is 5.51. The zero-order valence-electron chi connectivity index (χ0n) is 11.0. The molecule has 0 bridgehead atoms. The van der Waals surface area contributed by atoms with Crippen molar-refractivity contribution in [3.05, 3.63) is 29.3 Å². The van der Waals surface area contributed by atoms with E-state index >= 15 is 0 Å². The Hall–Kier alpha value is -1.64. The van der Waals surface area contributed by atoms with Gasteiger partial charge >= 0.3 is 0 Å². The maximum Gasteiger partial charge on any atom is 0.231 e. The number of methoxy groups -OCH3 is 1. The summed E-state index contributed by atoms with van der Waals surface area (Å²) in [5, 5.41) is 0. The van der Waals surface area contributed by atoms with E-state index in [0.717, 1.165) is 5.56 Å². The Morgan fingerprint density at radius 2 is 1.76 bits per heavy atom. The molecule has 0 spiro atoms. The highest BCUT2D eigenvalue weighted by atomic mass is 16.5. The molecule has 0 atom stereocenters. The van der Waals surface area contributed by atoms with E-state index in [9.17, 15) is 9.59 Å². The van der Waals surface area contributed by atoms with Gasteiger partial charge in [0, 0.05) is 6.92 Å². The van der Waals surface area contributed by atoms with Crippen molar-refractivity contribution in [1.82, 2.24) is 0 Å². The first kappa shape index (κ1) is 13.4. The minimum absolute atomic E-state index is 0.0713. The van der Waals surface area contributed by atoms with Gasteiger partial charge in [-0.25, -0.2) is 0 Å². The fraction of sp³-hybridized carbons (Fsp3) is 0.429. The minimum atomic E-state index is -0.507. The van der Waals surface area contributed by atoms with Gasteiger partial charge in [0.05, 0.1) is 12.7 Å². The maximum absolute atomic E-state index is 11.8. The third-order valence-corrected chi connectivity index (χ3v) is 2.63. The van der Waals surface area contributed by atoms with Crippen LogP contribution in [-0.2, 0) is 10.2 Å². The molecule has 0 saturated heterocycles. The summed E-state index contributed by atoms with van der Waals surface area (Å²) in [7, 11) is 1.49. The third kappa shape index (κ3) is 2.93. The van der Waals surface area contributed by atoms with Crippen LogP contribution in [0, 0.1) is 0 Å². The lowest BCUT2D eigenvalue weighted by Gasteiger charge is -2.20.